The lowest BCUT2D eigenvalue weighted by atomic mass is 9.84. The van der Waals surface area contributed by atoms with Gasteiger partial charge in [0.15, 0.2) is 0 Å². The smallest absolute Gasteiger partial charge is 0.362 e. The number of nitrogens with zero attached hydrogens (tertiary/aromatic N) is 1. The second-order valence-corrected chi connectivity index (χ2v) is 5.49. The first kappa shape index (κ1) is 14.9. The molecule has 1 aromatic rings. The van der Waals surface area contributed by atoms with Crippen molar-refractivity contribution in [1.82, 2.24) is 10.4 Å². The molecule has 1 saturated heterocycles. The van der Waals surface area contributed by atoms with Gasteiger partial charge in [0, 0.05) is 11.3 Å². The Hall–Kier alpha value is -2.02. The molecule has 4 nitrogen and oxygen atoms in total. The Kier molecular flexibility index (Phi) is 3.40. The fourth-order valence-electron chi connectivity index (χ4n) is 3.03. The lowest BCUT2D eigenvalue weighted by Crippen LogP contribution is -2.62. The Morgan fingerprint density at radius 3 is 2.64 bits per heavy atom. The number of hydrazine groups is 1. The number of allylic oxidation sites excluding steroid dienone is 1. The van der Waals surface area contributed by atoms with Crippen LogP contribution in [0.25, 0.3) is 0 Å². The first-order valence-corrected chi connectivity index (χ1v) is 7.01. The minimum absolute atomic E-state index is 0.0805. The van der Waals surface area contributed by atoms with Gasteiger partial charge in [0.05, 0.1) is 5.92 Å². The van der Waals surface area contributed by atoms with E-state index in [1.54, 1.807) is 24.3 Å². The molecular weight excluding hydrogens is 297 g/mol. The van der Waals surface area contributed by atoms with Crippen LogP contribution in [0.3, 0.4) is 0 Å². The van der Waals surface area contributed by atoms with Gasteiger partial charge in [-0.05, 0) is 31.4 Å². The van der Waals surface area contributed by atoms with E-state index in [1.165, 1.54) is 12.1 Å². The number of amides is 1. The molecule has 1 fully saturated rings. The average molecular weight is 312 g/mol. The number of halogens is 3. The van der Waals surface area contributed by atoms with Crippen LogP contribution in [0.1, 0.15) is 29.6 Å². The number of carbonyl (C=O) groups excluding carboxylic acids is 1. The fourth-order valence-corrected chi connectivity index (χ4v) is 3.03. The van der Waals surface area contributed by atoms with E-state index in [9.17, 15) is 23.1 Å². The number of rotatable bonds is 1. The third-order valence-electron chi connectivity index (χ3n) is 4.15. The molecule has 2 N–H and O–H groups in total. The van der Waals surface area contributed by atoms with E-state index < -0.39 is 23.7 Å². The summed E-state index contributed by atoms with van der Waals surface area (Å²) in [7, 11) is 0. The monoisotopic (exact) mass is 312 g/mol. The molecule has 1 amide bonds. The fraction of sp³-hybridized carbons (Fsp3) is 0.400. The minimum Gasteiger partial charge on any atom is -0.362 e. The predicted molar refractivity (Wildman–Crippen MR) is 72.2 cm³/mol. The van der Waals surface area contributed by atoms with E-state index in [1.807, 2.05) is 0 Å². The van der Waals surface area contributed by atoms with E-state index in [0.29, 0.717) is 17.9 Å². The Morgan fingerprint density at radius 1 is 1.32 bits per heavy atom. The topological polar surface area (TPSA) is 52.6 Å². The molecule has 2 aliphatic rings. The summed E-state index contributed by atoms with van der Waals surface area (Å²) in [5.74, 6) is -2.08. The van der Waals surface area contributed by atoms with Crippen LogP contribution in [0, 0.1) is 5.92 Å². The van der Waals surface area contributed by atoms with Crippen molar-refractivity contribution in [3.63, 3.8) is 0 Å². The molecule has 1 heterocycles. The number of hydrogen-bond donors (Lipinski definition) is 2. The Bertz CT molecular complexity index is 615. The van der Waals surface area contributed by atoms with Gasteiger partial charge in [-0.1, -0.05) is 24.3 Å². The number of aliphatic hydroxyl groups is 1. The van der Waals surface area contributed by atoms with Crippen LogP contribution in [0.15, 0.2) is 42.1 Å². The molecule has 1 aliphatic carbocycles. The highest BCUT2D eigenvalue weighted by Gasteiger charge is 2.68. The molecule has 0 aromatic heterocycles. The van der Waals surface area contributed by atoms with Crippen molar-refractivity contribution >= 4 is 5.91 Å². The molecule has 0 radical (unpaired) electrons. The van der Waals surface area contributed by atoms with E-state index in [2.05, 4.69) is 5.43 Å². The molecule has 1 aliphatic heterocycles. The van der Waals surface area contributed by atoms with Crippen LogP contribution in [-0.4, -0.2) is 27.9 Å². The van der Waals surface area contributed by atoms with E-state index in [4.69, 9.17) is 0 Å². The van der Waals surface area contributed by atoms with Crippen LogP contribution >= 0.6 is 0 Å². The molecule has 2 atom stereocenters. The summed E-state index contributed by atoms with van der Waals surface area (Å²) in [5, 5.41) is 10.7. The maximum atomic E-state index is 13.5. The van der Waals surface area contributed by atoms with Crippen LogP contribution in [0.5, 0.6) is 0 Å². The number of carbonyl (C=O) groups is 1. The zero-order chi connectivity index (χ0) is 16.0. The number of nitrogens with one attached hydrogen (secondary N) is 1. The number of fused-ring (bicyclic) bond motifs is 1. The van der Waals surface area contributed by atoms with Crippen molar-refractivity contribution < 1.29 is 23.1 Å². The first-order valence-electron chi connectivity index (χ1n) is 7.01. The summed E-state index contributed by atoms with van der Waals surface area (Å²) in [6.45, 7) is 0. The quantitative estimate of drug-likeness (QED) is 0.838. The highest BCUT2D eigenvalue weighted by molar-refractivity contribution is 5.94. The van der Waals surface area contributed by atoms with Gasteiger partial charge in [-0.2, -0.15) is 13.2 Å². The van der Waals surface area contributed by atoms with Crippen molar-refractivity contribution in [3.8, 4) is 0 Å². The number of benzene rings is 1. The zero-order valence-corrected chi connectivity index (χ0v) is 11.6. The maximum Gasteiger partial charge on any atom is 0.439 e. The molecule has 0 bridgehead atoms. The van der Waals surface area contributed by atoms with E-state index >= 15 is 0 Å². The summed E-state index contributed by atoms with van der Waals surface area (Å²) in [4.78, 5) is 12.4. The van der Waals surface area contributed by atoms with Gasteiger partial charge >= 0.3 is 6.18 Å². The van der Waals surface area contributed by atoms with Crippen molar-refractivity contribution in [2.24, 2.45) is 5.92 Å². The van der Waals surface area contributed by atoms with Crippen molar-refractivity contribution in [1.29, 1.82) is 0 Å². The highest BCUT2D eigenvalue weighted by Crippen LogP contribution is 2.48. The molecule has 118 valence electrons. The van der Waals surface area contributed by atoms with Gasteiger partial charge < -0.3 is 5.11 Å². The normalized spacial score (nSPS) is 27.9. The molecule has 0 saturated carbocycles. The van der Waals surface area contributed by atoms with E-state index in [0.717, 1.165) is 0 Å². The van der Waals surface area contributed by atoms with Gasteiger partial charge in [0.1, 0.15) is 0 Å². The summed E-state index contributed by atoms with van der Waals surface area (Å²) in [6, 6.07) is 7.60. The third kappa shape index (κ3) is 2.08. The lowest BCUT2D eigenvalue weighted by molar-refractivity contribution is -0.314. The van der Waals surface area contributed by atoms with Crippen molar-refractivity contribution in [2.45, 2.75) is 31.2 Å². The predicted octanol–water partition coefficient (Wildman–Crippen LogP) is 2.58. The highest BCUT2D eigenvalue weighted by atomic mass is 19.4. The molecule has 2 unspecified atom stereocenters. The van der Waals surface area contributed by atoms with Crippen LogP contribution in [0.2, 0.25) is 0 Å². The van der Waals surface area contributed by atoms with Gasteiger partial charge in [-0.15, -0.1) is 0 Å². The van der Waals surface area contributed by atoms with Gasteiger partial charge in [-0.25, -0.2) is 5.01 Å². The Labute approximate surface area is 125 Å². The lowest BCUT2D eigenvalue weighted by Gasteiger charge is -2.37. The average Bonchev–Trinajstić information content (AvgIpc) is 2.82. The molecule has 3 rings (SSSR count). The number of alkyl halides is 3. The minimum atomic E-state index is -4.96. The molecule has 22 heavy (non-hydrogen) atoms. The van der Waals surface area contributed by atoms with Gasteiger partial charge in [-0.3, -0.25) is 10.2 Å². The standard InChI is InChI=1S/C15H15F3N2O2/c16-15(17,18)14(22)11-8-4-5-9-12(11)19-20(14)13(21)10-6-2-1-3-7-10/h1-3,6-7,9,11,19,22H,4-5,8H2. The first-order chi connectivity index (χ1) is 10.4. The van der Waals surface area contributed by atoms with E-state index in [-0.39, 0.29) is 17.7 Å². The Balaban J connectivity index is 2.04. The molecule has 1 aromatic carbocycles. The molecule has 0 spiro atoms. The van der Waals surface area contributed by atoms with Crippen LogP contribution < -0.4 is 5.43 Å². The third-order valence-corrected chi connectivity index (χ3v) is 4.15. The second kappa shape index (κ2) is 5.01. The summed E-state index contributed by atoms with van der Waals surface area (Å²) >= 11 is 0. The summed E-state index contributed by atoms with van der Waals surface area (Å²) < 4.78 is 40.6. The van der Waals surface area contributed by atoms with Crippen LogP contribution in [0.4, 0.5) is 13.2 Å². The zero-order valence-electron chi connectivity index (χ0n) is 11.6. The second-order valence-electron chi connectivity index (χ2n) is 5.49. The van der Waals surface area contributed by atoms with Crippen LogP contribution in [-0.2, 0) is 0 Å². The van der Waals surface area contributed by atoms with Gasteiger partial charge in [0.25, 0.3) is 11.6 Å². The summed E-state index contributed by atoms with van der Waals surface area (Å²) in [6.07, 6.45) is -2.00. The molecular formula is C15H15F3N2O2. The Morgan fingerprint density at radius 2 is 2.00 bits per heavy atom. The largest absolute Gasteiger partial charge is 0.439 e. The van der Waals surface area contributed by atoms with Crippen molar-refractivity contribution in [3.05, 3.63) is 47.7 Å². The summed E-state index contributed by atoms with van der Waals surface area (Å²) in [5.41, 5.74) is -0.427. The maximum absolute atomic E-state index is 13.5. The van der Waals surface area contributed by atoms with Crippen molar-refractivity contribution in [2.75, 3.05) is 0 Å². The van der Waals surface area contributed by atoms with Gasteiger partial charge in [0.2, 0.25) is 0 Å². The number of hydrogen-bond acceptors (Lipinski definition) is 3. The molecule has 7 heteroatoms. The SMILES string of the molecule is O=C(c1ccccc1)N1NC2=CCCCC2C1(O)C(F)(F)F.